The van der Waals surface area contributed by atoms with Crippen molar-refractivity contribution in [2.45, 2.75) is 38.5 Å². The number of phenolic OH excluding ortho intramolecular Hbond substituents is 1. The molecule has 0 aromatic heterocycles. The smallest absolute Gasteiger partial charge is 0.226 e. The van der Waals surface area contributed by atoms with Crippen LogP contribution in [-0.2, 0) is 4.79 Å². The number of rotatable bonds is 2. The molecule has 1 aliphatic carbocycles. The summed E-state index contributed by atoms with van der Waals surface area (Å²) >= 11 is 6.50. The molecule has 1 saturated heterocycles. The Balaban J connectivity index is 1.82. The minimum Gasteiger partial charge on any atom is -0.508 e. The lowest BCUT2D eigenvalue weighted by Crippen LogP contribution is -2.41. The minimum absolute atomic E-state index is 0.176. The van der Waals surface area contributed by atoms with Crippen molar-refractivity contribution in [3.8, 4) is 5.75 Å². The van der Waals surface area contributed by atoms with Gasteiger partial charge in [0.05, 0.1) is 5.41 Å². The summed E-state index contributed by atoms with van der Waals surface area (Å²) in [5.41, 5.74) is 3.23. The first kappa shape index (κ1) is 17.4. The van der Waals surface area contributed by atoms with Gasteiger partial charge in [0, 0.05) is 11.6 Å². The van der Waals surface area contributed by atoms with Crippen LogP contribution in [0.15, 0.2) is 42.5 Å². The van der Waals surface area contributed by atoms with Crippen LogP contribution in [0.3, 0.4) is 0 Å². The second-order valence-electron chi connectivity index (χ2n) is 8.02. The number of halogens is 1. The van der Waals surface area contributed by atoms with Crippen LogP contribution in [0.4, 0.5) is 0 Å². The van der Waals surface area contributed by atoms with Crippen molar-refractivity contribution in [3.05, 3.63) is 64.2 Å². The van der Waals surface area contributed by atoms with Gasteiger partial charge in [0.1, 0.15) is 5.75 Å². The van der Waals surface area contributed by atoms with E-state index in [9.17, 15) is 9.90 Å². The second-order valence-corrected chi connectivity index (χ2v) is 8.43. The molecule has 3 nitrogen and oxygen atoms in total. The highest BCUT2D eigenvalue weighted by atomic mass is 35.5. The van der Waals surface area contributed by atoms with E-state index in [1.165, 1.54) is 11.1 Å². The fraction of sp³-hybridized carbons (Fsp3) is 0.409. The predicted molar refractivity (Wildman–Crippen MR) is 104 cm³/mol. The summed E-state index contributed by atoms with van der Waals surface area (Å²) in [5.74, 6) is 1.05. The molecule has 1 heterocycles. The Morgan fingerprint density at radius 3 is 2.62 bits per heavy atom. The first-order valence-corrected chi connectivity index (χ1v) is 9.61. The molecule has 26 heavy (non-hydrogen) atoms. The van der Waals surface area contributed by atoms with Gasteiger partial charge in [0.2, 0.25) is 5.91 Å². The number of fused-ring (bicyclic) bond motifs is 1. The van der Waals surface area contributed by atoms with Crippen LogP contribution in [0.25, 0.3) is 0 Å². The molecule has 4 heteroatoms. The van der Waals surface area contributed by atoms with Crippen molar-refractivity contribution in [2.24, 2.45) is 11.3 Å². The molecular weight excluding hydrogens is 346 g/mol. The summed E-state index contributed by atoms with van der Waals surface area (Å²) in [7, 11) is 0. The van der Waals surface area contributed by atoms with Crippen molar-refractivity contribution in [2.75, 3.05) is 6.54 Å². The van der Waals surface area contributed by atoms with Crippen molar-refractivity contribution >= 4 is 17.5 Å². The Morgan fingerprint density at radius 1 is 1.19 bits per heavy atom. The van der Waals surface area contributed by atoms with Crippen LogP contribution >= 0.6 is 11.6 Å². The van der Waals surface area contributed by atoms with Gasteiger partial charge in [0.25, 0.3) is 0 Å². The third kappa shape index (κ3) is 2.69. The summed E-state index contributed by atoms with van der Waals surface area (Å²) in [6, 6.07) is 13.9. The van der Waals surface area contributed by atoms with Gasteiger partial charge in [-0.1, -0.05) is 54.4 Å². The summed E-state index contributed by atoms with van der Waals surface area (Å²) in [5, 5.41) is 13.4. The zero-order chi connectivity index (χ0) is 18.5. The number of nitrogens with one attached hydrogen (secondary N) is 1. The van der Waals surface area contributed by atoms with E-state index in [0.29, 0.717) is 11.6 Å². The van der Waals surface area contributed by atoms with E-state index >= 15 is 0 Å². The number of benzene rings is 2. The number of aryl methyl sites for hydroxylation is 1. The third-order valence-corrected chi connectivity index (χ3v) is 6.83. The number of carbonyl (C=O) groups excluding carboxylic acids is 1. The average Bonchev–Trinajstić information content (AvgIpc) is 2.91. The first-order chi connectivity index (χ1) is 12.4. The molecule has 1 saturated carbocycles. The largest absolute Gasteiger partial charge is 0.508 e. The van der Waals surface area contributed by atoms with E-state index in [-0.39, 0.29) is 34.8 Å². The van der Waals surface area contributed by atoms with Gasteiger partial charge in [-0.25, -0.2) is 0 Å². The zero-order valence-electron chi connectivity index (χ0n) is 15.1. The third-order valence-electron chi connectivity index (χ3n) is 6.51. The highest BCUT2D eigenvalue weighted by Crippen LogP contribution is 2.57. The Bertz CT molecular complexity index is 848. The van der Waals surface area contributed by atoms with Crippen molar-refractivity contribution in [3.63, 3.8) is 0 Å². The van der Waals surface area contributed by atoms with Crippen LogP contribution in [0.1, 0.15) is 48.3 Å². The van der Waals surface area contributed by atoms with E-state index in [1.54, 1.807) is 12.1 Å². The Kier molecular flexibility index (Phi) is 4.23. The zero-order valence-corrected chi connectivity index (χ0v) is 15.9. The number of hydrogen-bond acceptors (Lipinski definition) is 2. The lowest BCUT2D eigenvalue weighted by molar-refractivity contribution is -0.129. The molecule has 2 N–H and O–H groups in total. The molecule has 2 aliphatic rings. The summed E-state index contributed by atoms with van der Waals surface area (Å²) < 4.78 is 0. The summed E-state index contributed by atoms with van der Waals surface area (Å²) in [6.07, 6.45) is 1.76. The SMILES string of the molecule is Cc1ccc([C@H]2[C@H](c3ccc(O)cc3Cl)CC[C@@]3(C)C(=O)NC[C@@H]23)cc1. The minimum atomic E-state index is -0.324. The van der Waals surface area contributed by atoms with Crippen molar-refractivity contribution in [1.29, 1.82) is 0 Å². The molecule has 0 unspecified atom stereocenters. The van der Waals surface area contributed by atoms with Gasteiger partial charge >= 0.3 is 0 Å². The molecule has 2 fully saturated rings. The highest BCUT2D eigenvalue weighted by molar-refractivity contribution is 6.31. The van der Waals surface area contributed by atoms with Crippen molar-refractivity contribution in [1.82, 2.24) is 5.32 Å². The van der Waals surface area contributed by atoms with Gasteiger partial charge in [-0.15, -0.1) is 0 Å². The lowest BCUT2D eigenvalue weighted by atomic mass is 9.57. The van der Waals surface area contributed by atoms with E-state index in [0.717, 1.165) is 18.4 Å². The van der Waals surface area contributed by atoms with E-state index < -0.39 is 0 Å². The van der Waals surface area contributed by atoms with Gasteiger partial charge in [-0.3, -0.25) is 4.79 Å². The monoisotopic (exact) mass is 369 g/mol. The molecule has 2 aromatic rings. The maximum absolute atomic E-state index is 12.5. The normalized spacial score (nSPS) is 30.7. The standard InChI is InChI=1S/C22H24ClNO2/c1-13-3-5-14(6-4-13)20-17(16-8-7-15(25)11-19(16)23)9-10-22(2)18(20)12-24-21(22)26/h3-8,11,17-18,20,25H,9-10,12H2,1-2H3,(H,24,26)/t17-,18-,20-,22+/m0/s1. The van der Waals surface area contributed by atoms with Gasteiger partial charge < -0.3 is 10.4 Å². The maximum atomic E-state index is 12.5. The molecule has 2 aromatic carbocycles. The van der Waals surface area contributed by atoms with Gasteiger partial charge in [0.15, 0.2) is 0 Å². The molecular formula is C22H24ClNO2. The highest BCUT2D eigenvalue weighted by Gasteiger charge is 2.54. The lowest BCUT2D eigenvalue weighted by Gasteiger charge is -2.45. The fourth-order valence-corrected chi connectivity index (χ4v) is 5.27. The maximum Gasteiger partial charge on any atom is 0.226 e. The molecule has 1 amide bonds. The van der Waals surface area contributed by atoms with E-state index in [1.807, 2.05) is 6.07 Å². The number of aromatic hydroxyl groups is 1. The number of phenols is 1. The molecule has 0 radical (unpaired) electrons. The Hall–Kier alpha value is -2.00. The number of amides is 1. The molecule has 0 bridgehead atoms. The number of hydrogen-bond donors (Lipinski definition) is 2. The summed E-state index contributed by atoms with van der Waals surface area (Å²) in [4.78, 5) is 12.5. The van der Waals surface area contributed by atoms with Crippen molar-refractivity contribution < 1.29 is 9.90 Å². The second kappa shape index (κ2) is 6.31. The van der Waals surface area contributed by atoms with Crippen LogP contribution in [0, 0.1) is 18.3 Å². The molecule has 4 atom stereocenters. The van der Waals surface area contributed by atoms with Crippen LogP contribution in [0.2, 0.25) is 5.02 Å². The Labute approximate surface area is 159 Å². The Morgan fingerprint density at radius 2 is 1.92 bits per heavy atom. The molecule has 136 valence electrons. The van der Waals surface area contributed by atoms with Gasteiger partial charge in [-0.05, 0) is 60.8 Å². The number of carbonyl (C=O) groups is 1. The fourth-order valence-electron chi connectivity index (χ4n) is 4.95. The van der Waals surface area contributed by atoms with E-state index in [4.69, 9.17) is 11.6 Å². The molecule has 4 rings (SSSR count). The average molecular weight is 370 g/mol. The first-order valence-electron chi connectivity index (χ1n) is 9.23. The van der Waals surface area contributed by atoms with Crippen LogP contribution < -0.4 is 5.32 Å². The predicted octanol–water partition coefficient (Wildman–Crippen LogP) is 4.77. The van der Waals surface area contributed by atoms with E-state index in [2.05, 4.69) is 43.4 Å². The topological polar surface area (TPSA) is 49.3 Å². The quantitative estimate of drug-likeness (QED) is 0.801. The molecule has 1 aliphatic heterocycles. The van der Waals surface area contributed by atoms with Crippen LogP contribution in [0.5, 0.6) is 5.75 Å². The summed E-state index contributed by atoms with van der Waals surface area (Å²) in [6.45, 7) is 4.90. The van der Waals surface area contributed by atoms with Crippen LogP contribution in [-0.4, -0.2) is 17.6 Å². The van der Waals surface area contributed by atoms with Gasteiger partial charge in [-0.2, -0.15) is 0 Å². The molecule has 0 spiro atoms.